The van der Waals surface area contributed by atoms with Crippen LogP contribution in [0.4, 0.5) is 8.78 Å². The van der Waals surface area contributed by atoms with E-state index in [1.54, 1.807) is 30.3 Å². The summed E-state index contributed by atoms with van der Waals surface area (Å²) in [4.78, 5) is 0. The van der Waals surface area contributed by atoms with E-state index < -0.39 is 6.61 Å². The van der Waals surface area contributed by atoms with Crippen LogP contribution in [-0.4, -0.2) is 39.4 Å². The highest BCUT2D eigenvalue weighted by atomic mass is 32.1. The molecule has 0 radical (unpaired) electrons. The van der Waals surface area contributed by atoms with Gasteiger partial charge in [0.2, 0.25) is 4.77 Å². The topological polar surface area (TPSA) is 84.7 Å². The first kappa shape index (κ1) is 19.5. The molecule has 2 aromatic carbocycles. The molecule has 0 atom stereocenters. The van der Waals surface area contributed by atoms with Crippen LogP contribution in [0.5, 0.6) is 17.2 Å². The molecule has 10 heteroatoms. The predicted octanol–water partition coefficient (Wildman–Crippen LogP) is 4.20. The molecular formula is C18H16F2N4O3S. The molecule has 0 amide bonds. The lowest BCUT2D eigenvalue weighted by atomic mass is 10.2. The Balaban J connectivity index is 1.91. The number of para-hydroxylation sites is 1. The summed E-state index contributed by atoms with van der Waals surface area (Å²) in [5.74, 6) is 0.696. The number of alkyl halides is 2. The molecule has 2 N–H and O–H groups in total. The Morgan fingerprint density at radius 2 is 2.04 bits per heavy atom. The fourth-order valence-corrected chi connectivity index (χ4v) is 2.59. The van der Waals surface area contributed by atoms with Gasteiger partial charge in [0.05, 0.1) is 12.8 Å². The number of hydrogen-bond donors (Lipinski definition) is 2. The van der Waals surface area contributed by atoms with Crippen LogP contribution in [0.25, 0.3) is 11.4 Å². The quantitative estimate of drug-likeness (QED) is 0.454. The van der Waals surface area contributed by atoms with Crippen molar-refractivity contribution in [2.24, 2.45) is 5.10 Å². The summed E-state index contributed by atoms with van der Waals surface area (Å²) in [6.45, 7) is -0.671. The van der Waals surface area contributed by atoms with Crippen LogP contribution in [0.2, 0.25) is 0 Å². The molecule has 3 rings (SSSR count). The highest BCUT2D eigenvalue weighted by Gasteiger charge is 2.11. The van der Waals surface area contributed by atoms with Crippen molar-refractivity contribution in [3.8, 4) is 28.6 Å². The molecule has 146 valence electrons. The van der Waals surface area contributed by atoms with Gasteiger partial charge in [-0.05, 0) is 55.5 Å². The zero-order chi connectivity index (χ0) is 20.1. The van der Waals surface area contributed by atoms with Crippen molar-refractivity contribution in [3.05, 3.63) is 52.8 Å². The molecular weight excluding hydrogens is 390 g/mol. The van der Waals surface area contributed by atoms with E-state index in [0.717, 1.165) is 0 Å². The molecule has 3 aromatic rings. The average Bonchev–Trinajstić information content (AvgIpc) is 3.03. The minimum atomic E-state index is -2.90. The summed E-state index contributed by atoms with van der Waals surface area (Å²) in [6.07, 6.45) is 1.42. The number of nitrogens with one attached hydrogen (secondary N) is 1. The van der Waals surface area contributed by atoms with Crippen molar-refractivity contribution in [2.45, 2.75) is 13.5 Å². The number of benzene rings is 2. The number of hydrogen-bond acceptors (Lipinski definition) is 6. The Hall–Kier alpha value is -3.27. The van der Waals surface area contributed by atoms with Crippen molar-refractivity contribution in [1.29, 1.82) is 0 Å². The number of aromatic hydroxyl groups is 1. The van der Waals surface area contributed by atoms with E-state index >= 15 is 0 Å². The van der Waals surface area contributed by atoms with Crippen LogP contribution in [0.1, 0.15) is 12.5 Å². The van der Waals surface area contributed by atoms with Gasteiger partial charge in [-0.25, -0.2) is 5.10 Å². The van der Waals surface area contributed by atoms with Crippen molar-refractivity contribution in [3.63, 3.8) is 0 Å². The molecule has 1 heterocycles. The number of halogens is 2. The molecule has 1 aromatic heterocycles. The largest absolute Gasteiger partial charge is 0.504 e. The predicted molar refractivity (Wildman–Crippen MR) is 102 cm³/mol. The van der Waals surface area contributed by atoms with E-state index in [4.69, 9.17) is 17.0 Å². The Morgan fingerprint density at radius 3 is 2.71 bits per heavy atom. The maximum Gasteiger partial charge on any atom is 0.387 e. The van der Waals surface area contributed by atoms with Gasteiger partial charge in [-0.15, -0.1) is 0 Å². The molecule has 0 fully saturated rings. The summed E-state index contributed by atoms with van der Waals surface area (Å²) >= 11 is 5.19. The minimum absolute atomic E-state index is 0.0283. The Labute approximate surface area is 163 Å². The number of rotatable bonds is 7. The van der Waals surface area contributed by atoms with Crippen LogP contribution in [0.3, 0.4) is 0 Å². The fourth-order valence-electron chi connectivity index (χ4n) is 2.41. The molecule has 7 nitrogen and oxygen atoms in total. The van der Waals surface area contributed by atoms with E-state index in [0.29, 0.717) is 29.3 Å². The Bertz CT molecular complexity index is 1030. The molecule has 0 aliphatic heterocycles. The number of phenolic OH excluding ortho intramolecular Hbond substituents is 1. The lowest BCUT2D eigenvalue weighted by Gasteiger charge is -2.07. The number of phenols is 1. The number of nitrogens with zero attached hydrogens (tertiary/aromatic N) is 3. The summed E-state index contributed by atoms with van der Waals surface area (Å²) < 4.78 is 35.8. The first-order valence-corrected chi connectivity index (χ1v) is 8.62. The zero-order valence-electron chi connectivity index (χ0n) is 14.7. The second kappa shape index (κ2) is 8.61. The van der Waals surface area contributed by atoms with Crippen LogP contribution < -0.4 is 9.47 Å². The smallest absolute Gasteiger partial charge is 0.387 e. The van der Waals surface area contributed by atoms with E-state index in [1.165, 1.54) is 23.0 Å². The van der Waals surface area contributed by atoms with E-state index in [9.17, 15) is 13.9 Å². The van der Waals surface area contributed by atoms with E-state index in [1.807, 2.05) is 6.92 Å². The van der Waals surface area contributed by atoms with E-state index in [2.05, 4.69) is 20.0 Å². The van der Waals surface area contributed by atoms with Gasteiger partial charge in [0.25, 0.3) is 0 Å². The lowest BCUT2D eigenvalue weighted by molar-refractivity contribution is -0.0498. The minimum Gasteiger partial charge on any atom is -0.504 e. The normalized spacial score (nSPS) is 11.3. The first-order valence-electron chi connectivity index (χ1n) is 8.21. The van der Waals surface area contributed by atoms with Gasteiger partial charge in [0, 0.05) is 11.1 Å². The third-order valence-electron chi connectivity index (χ3n) is 3.63. The Morgan fingerprint density at radius 1 is 1.29 bits per heavy atom. The van der Waals surface area contributed by atoms with Gasteiger partial charge in [-0.3, -0.25) is 0 Å². The number of H-pyrrole nitrogens is 1. The van der Waals surface area contributed by atoms with Crippen LogP contribution >= 0.6 is 12.2 Å². The van der Waals surface area contributed by atoms with Crippen molar-refractivity contribution < 1.29 is 23.4 Å². The summed E-state index contributed by atoms with van der Waals surface area (Å²) in [7, 11) is 0. The molecule has 0 aliphatic carbocycles. The van der Waals surface area contributed by atoms with Crippen LogP contribution in [0, 0.1) is 4.77 Å². The summed E-state index contributed by atoms with van der Waals surface area (Å²) in [5.41, 5.74) is 1.01. The van der Waals surface area contributed by atoms with Gasteiger partial charge in [0.15, 0.2) is 17.3 Å². The van der Waals surface area contributed by atoms with Gasteiger partial charge in [-0.1, -0.05) is 6.07 Å². The van der Waals surface area contributed by atoms with Crippen molar-refractivity contribution >= 4 is 18.4 Å². The fraction of sp³-hybridized carbons (Fsp3) is 0.167. The second-order valence-electron chi connectivity index (χ2n) is 5.44. The van der Waals surface area contributed by atoms with Gasteiger partial charge in [-0.2, -0.15) is 23.7 Å². The molecule has 0 unspecified atom stereocenters. The third-order valence-corrected chi connectivity index (χ3v) is 3.89. The maximum atomic E-state index is 12.3. The van der Waals surface area contributed by atoms with Crippen LogP contribution in [0.15, 0.2) is 47.6 Å². The number of aromatic amines is 1. The molecule has 0 saturated heterocycles. The molecule has 0 aliphatic rings. The lowest BCUT2D eigenvalue weighted by Crippen LogP contribution is -2.01. The van der Waals surface area contributed by atoms with Crippen molar-refractivity contribution in [2.75, 3.05) is 6.61 Å². The monoisotopic (exact) mass is 406 g/mol. The van der Waals surface area contributed by atoms with E-state index in [-0.39, 0.29) is 16.3 Å². The average molecular weight is 406 g/mol. The molecule has 0 bridgehead atoms. The highest BCUT2D eigenvalue weighted by Crippen LogP contribution is 2.29. The first-order chi connectivity index (χ1) is 13.5. The summed E-state index contributed by atoms with van der Waals surface area (Å²) in [5, 5.41) is 21.3. The molecule has 0 saturated carbocycles. The van der Waals surface area contributed by atoms with Crippen molar-refractivity contribution in [1.82, 2.24) is 14.9 Å². The van der Waals surface area contributed by atoms with Gasteiger partial charge in [0.1, 0.15) is 5.75 Å². The van der Waals surface area contributed by atoms with Gasteiger partial charge < -0.3 is 14.6 Å². The molecule has 28 heavy (non-hydrogen) atoms. The zero-order valence-corrected chi connectivity index (χ0v) is 15.5. The SMILES string of the molecule is CCOc1cccc(C=Nn2c(-c3ccc(OC(F)F)cc3)n[nH]c2=S)c1O. The highest BCUT2D eigenvalue weighted by molar-refractivity contribution is 7.71. The number of aromatic nitrogens is 3. The number of ether oxygens (including phenoxy) is 2. The van der Waals surface area contributed by atoms with Crippen LogP contribution in [-0.2, 0) is 0 Å². The second-order valence-corrected chi connectivity index (χ2v) is 5.83. The maximum absolute atomic E-state index is 12.3. The summed E-state index contributed by atoms with van der Waals surface area (Å²) in [6, 6.07) is 10.9. The molecule has 0 spiro atoms. The standard InChI is InChI=1S/C18H16F2N4O3S/c1-2-26-14-5-3-4-12(15(14)25)10-21-24-16(22-23-18(24)28)11-6-8-13(9-7-11)27-17(19)20/h3-10,17,25H,2H2,1H3,(H,23,28). The Kier molecular flexibility index (Phi) is 5.99. The van der Waals surface area contributed by atoms with Gasteiger partial charge >= 0.3 is 6.61 Å². The third kappa shape index (κ3) is 4.34.